The van der Waals surface area contributed by atoms with Gasteiger partial charge in [0.05, 0.1) is 10.0 Å². The van der Waals surface area contributed by atoms with Crippen molar-refractivity contribution >= 4 is 40.8 Å². The molecule has 0 amide bonds. The topological polar surface area (TPSA) is 24.9 Å². The molecule has 100 valence electrons. The normalized spacial score (nSPS) is 16.2. The molecule has 2 rings (SSSR count). The lowest BCUT2D eigenvalue weighted by atomic mass is 10.4. The second-order valence-corrected chi connectivity index (χ2v) is 6.66. The molecule has 1 aromatic heterocycles. The van der Waals surface area contributed by atoms with Crippen molar-refractivity contribution in [2.45, 2.75) is 49.3 Å². The number of nitrogens with zero attached hydrogens (tertiary/aromatic N) is 1. The summed E-state index contributed by atoms with van der Waals surface area (Å²) in [5.41, 5.74) is 0. The quantitative estimate of drug-likeness (QED) is 0.804. The molecular formula is C13H18Cl2N2S. The largest absolute Gasteiger partial charge is 0.369 e. The van der Waals surface area contributed by atoms with Crippen LogP contribution in [-0.2, 0) is 0 Å². The van der Waals surface area contributed by atoms with Crippen LogP contribution in [0.25, 0.3) is 0 Å². The van der Waals surface area contributed by atoms with E-state index in [0.29, 0.717) is 15.3 Å². The first-order valence-corrected chi connectivity index (χ1v) is 8.11. The maximum absolute atomic E-state index is 6.22. The fourth-order valence-corrected chi connectivity index (χ4v) is 3.82. The van der Waals surface area contributed by atoms with E-state index in [-0.39, 0.29) is 0 Å². The zero-order valence-corrected chi connectivity index (χ0v) is 12.8. The molecule has 5 heteroatoms. The highest BCUT2D eigenvalue weighted by atomic mass is 35.5. The Balaban J connectivity index is 2.12. The zero-order chi connectivity index (χ0) is 13.0. The number of pyridine rings is 1. The van der Waals surface area contributed by atoms with Crippen molar-refractivity contribution in [2.24, 2.45) is 0 Å². The molecule has 0 saturated heterocycles. The number of rotatable bonds is 5. The summed E-state index contributed by atoms with van der Waals surface area (Å²) in [4.78, 5) is 4.56. The van der Waals surface area contributed by atoms with Crippen LogP contribution in [0.4, 0.5) is 5.82 Å². The van der Waals surface area contributed by atoms with E-state index in [1.807, 2.05) is 0 Å². The number of hydrogen-bond acceptors (Lipinski definition) is 3. The fourth-order valence-electron chi connectivity index (χ4n) is 2.06. The monoisotopic (exact) mass is 304 g/mol. The maximum Gasteiger partial charge on any atom is 0.146 e. The molecule has 0 unspecified atom stereocenters. The summed E-state index contributed by atoms with van der Waals surface area (Å²) in [6, 6.07) is 1.80. The van der Waals surface area contributed by atoms with Gasteiger partial charge >= 0.3 is 0 Å². The molecule has 0 radical (unpaired) electrons. The minimum Gasteiger partial charge on any atom is -0.369 e. The van der Waals surface area contributed by atoms with E-state index in [9.17, 15) is 0 Å². The number of thioether (sulfide) groups is 1. The predicted molar refractivity (Wildman–Crippen MR) is 81.2 cm³/mol. The molecule has 0 spiro atoms. The minimum absolute atomic E-state index is 0.601. The van der Waals surface area contributed by atoms with Crippen molar-refractivity contribution in [1.29, 1.82) is 0 Å². The highest BCUT2D eigenvalue weighted by molar-refractivity contribution is 8.00. The summed E-state index contributed by atoms with van der Waals surface area (Å²) in [6.07, 6.45) is 6.23. The van der Waals surface area contributed by atoms with Gasteiger partial charge in [-0.3, -0.25) is 0 Å². The molecule has 1 N–H and O–H groups in total. The highest BCUT2D eigenvalue weighted by Gasteiger charge is 2.19. The average molecular weight is 305 g/mol. The second-order valence-electron chi connectivity index (χ2n) is 4.56. The summed E-state index contributed by atoms with van der Waals surface area (Å²) < 4.78 is 0. The molecule has 1 saturated carbocycles. The van der Waals surface area contributed by atoms with Crippen molar-refractivity contribution in [1.82, 2.24) is 4.98 Å². The van der Waals surface area contributed by atoms with Crippen molar-refractivity contribution < 1.29 is 0 Å². The average Bonchev–Trinajstić information content (AvgIpc) is 2.84. The molecule has 2 nitrogen and oxygen atoms in total. The van der Waals surface area contributed by atoms with Crippen LogP contribution in [0.3, 0.4) is 0 Å². The van der Waals surface area contributed by atoms with Crippen LogP contribution in [0, 0.1) is 0 Å². The molecule has 1 aliphatic carbocycles. The Labute approximate surface area is 123 Å². The second kappa shape index (κ2) is 6.88. The lowest BCUT2D eigenvalue weighted by Crippen LogP contribution is -2.04. The van der Waals surface area contributed by atoms with Gasteiger partial charge in [-0.05, 0) is 25.3 Å². The van der Waals surface area contributed by atoms with E-state index in [1.165, 1.54) is 25.7 Å². The number of halogens is 2. The third-order valence-electron chi connectivity index (χ3n) is 3.02. The Bertz CT molecular complexity index is 406. The molecule has 1 aromatic rings. The van der Waals surface area contributed by atoms with Crippen molar-refractivity contribution in [3.8, 4) is 0 Å². The molecule has 1 heterocycles. The molecular weight excluding hydrogens is 287 g/mol. The van der Waals surface area contributed by atoms with Gasteiger partial charge in [0.2, 0.25) is 0 Å². The number of anilines is 1. The van der Waals surface area contributed by atoms with Gasteiger partial charge in [0, 0.05) is 11.8 Å². The van der Waals surface area contributed by atoms with Crippen molar-refractivity contribution in [2.75, 3.05) is 11.9 Å². The Kier molecular flexibility index (Phi) is 5.46. The SMILES string of the molecule is CCCNc1nc(SC2CCCC2)c(Cl)cc1Cl. The molecule has 0 atom stereocenters. The van der Waals surface area contributed by atoms with E-state index < -0.39 is 0 Å². The standard InChI is InChI=1S/C13H18Cl2N2S/c1-2-7-16-12-10(14)8-11(15)13(17-12)18-9-5-3-4-6-9/h8-9H,2-7H2,1H3,(H,16,17). The van der Waals surface area contributed by atoms with Gasteiger partial charge in [0.1, 0.15) is 10.8 Å². The summed E-state index contributed by atoms with van der Waals surface area (Å²) in [5, 5.41) is 6.08. The van der Waals surface area contributed by atoms with E-state index in [2.05, 4.69) is 17.2 Å². The summed E-state index contributed by atoms with van der Waals surface area (Å²) in [5.74, 6) is 0.753. The molecule has 0 bridgehead atoms. The highest BCUT2D eigenvalue weighted by Crippen LogP contribution is 2.39. The Morgan fingerprint density at radius 1 is 1.33 bits per heavy atom. The van der Waals surface area contributed by atoms with Crippen LogP contribution < -0.4 is 5.32 Å². The lowest BCUT2D eigenvalue weighted by Gasteiger charge is -2.13. The van der Waals surface area contributed by atoms with Gasteiger partial charge in [0.25, 0.3) is 0 Å². The molecule has 18 heavy (non-hydrogen) atoms. The van der Waals surface area contributed by atoms with Gasteiger partial charge in [0.15, 0.2) is 0 Å². The molecule has 0 aromatic carbocycles. The van der Waals surface area contributed by atoms with Crippen molar-refractivity contribution in [3.63, 3.8) is 0 Å². The van der Waals surface area contributed by atoms with Crippen LogP contribution >= 0.6 is 35.0 Å². The van der Waals surface area contributed by atoms with Crippen LogP contribution in [0.1, 0.15) is 39.0 Å². The lowest BCUT2D eigenvalue weighted by molar-refractivity contribution is 0.886. The van der Waals surface area contributed by atoms with Gasteiger partial charge in [-0.1, -0.05) is 43.0 Å². The first-order valence-electron chi connectivity index (χ1n) is 6.47. The third kappa shape index (κ3) is 3.69. The Hall–Kier alpha value is -0.120. The maximum atomic E-state index is 6.22. The third-order valence-corrected chi connectivity index (χ3v) is 5.05. The van der Waals surface area contributed by atoms with E-state index in [0.717, 1.165) is 23.8 Å². The Morgan fingerprint density at radius 3 is 2.72 bits per heavy atom. The predicted octanol–water partition coefficient (Wildman–Crippen LogP) is 5.25. The van der Waals surface area contributed by atoms with Gasteiger partial charge in [-0.2, -0.15) is 0 Å². The first-order chi connectivity index (χ1) is 8.70. The van der Waals surface area contributed by atoms with Crippen LogP contribution in [0.2, 0.25) is 10.0 Å². The van der Waals surface area contributed by atoms with E-state index in [4.69, 9.17) is 23.2 Å². The molecule has 0 aliphatic heterocycles. The number of hydrogen-bond donors (Lipinski definition) is 1. The first kappa shape index (κ1) is 14.3. The minimum atomic E-state index is 0.601. The van der Waals surface area contributed by atoms with Crippen LogP contribution in [0.5, 0.6) is 0 Å². The molecule has 1 fully saturated rings. The fraction of sp³-hybridized carbons (Fsp3) is 0.615. The molecule has 1 aliphatic rings. The van der Waals surface area contributed by atoms with E-state index >= 15 is 0 Å². The van der Waals surface area contributed by atoms with Crippen LogP contribution in [0.15, 0.2) is 11.1 Å². The van der Waals surface area contributed by atoms with Crippen LogP contribution in [-0.4, -0.2) is 16.8 Å². The smallest absolute Gasteiger partial charge is 0.146 e. The number of nitrogens with one attached hydrogen (secondary N) is 1. The number of aromatic nitrogens is 1. The van der Waals surface area contributed by atoms with Gasteiger partial charge in [-0.15, -0.1) is 11.8 Å². The Morgan fingerprint density at radius 2 is 2.06 bits per heavy atom. The zero-order valence-electron chi connectivity index (χ0n) is 10.5. The van der Waals surface area contributed by atoms with Gasteiger partial charge < -0.3 is 5.32 Å². The van der Waals surface area contributed by atoms with Crippen molar-refractivity contribution in [3.05, 3.63) is 16.1 Å². The summed E-state index contributed by atoms with van der Waals surface area (Å²) in [6.45, 7) is 2.99. The summed E-state index contributed by atoms with van der Waals surface area (Å²) >= 11 is 14.1. The van der Waals surface area contributed by atoms with Gasteiger partial charge in [-0.25, -0.2) is 4.98 Å². The van der Waals surface area contributed by atoms with E-state index in [1.54, 1.807) is 17.8 Å². The summed E-state index contributed by atoms with van der Waals surface area (Å²) in [7, 11) is 0.